The van der Waals surface area contributed by atoms with Gasteiger partial charge in [-0.05, 0) is 24.6 Å². The Morgan fingerprint density at radius 2 is 1.86 bits per heavy atom. The van der Waals surface area contributed by atoms with Gasteiger partial charge in [-0.3, -0.25) is 9.13 Å². The number of nitrogens with one attached hydrogen (secondary N) is 1. The lowest BCUT2D eigenvalue weighted by molar-refractivity contribution is 0.678. The van der Waals surface area contributed by atoms with Gasteiger partial charge in [0.1, 0.15) is 5.52 Å². The second-order valence-corrected chi connectivity index (χ2v) is 7.70. The summed E-state index contributed by atoms with van der Waals surface area (Å²) in [6.45, 7) is 4.54. The largest absolute Gasteiger partial charge is 0.326 e. The van der Waals surface area contributed by atoms with Crippen LogP contribution in [0, 0.1) is 0 Å². The van der Waals surface area contributed by atoms with Crippen molar-refractivity contribution in [2.45, 2.75) is 18.1 Å². The monoisotopic (exact) mass is 402 g/mol. The SMILES string of the molecule is C=Cn1c2ccccc2c2nnc(SCCCn3c(=O)[nH]c4ccccc43)nc21. The van der Waals surface area contributed by atoms with Gasteiger partial charge in [0.05, 0.1) is 16.6 Å². The molecule has 0 aliphatic carbocycles. The van der Waals surface area contributed by atoms with Crippen LogP contribution in [0.5, 0.6) is 0 Å². The molecule has 144 valence electrons. The summed E-state index contributed by atoms with van der Waals surface area (Å²) in [7, 11) is 0. The minimum Gasteiger partial charge on any atom is -0.306 e. The van der Waals surface area contributed by atoms with Crippen LogP contribution in [0.2, 0.25) is 0 Å². The predicted molar refractivity (Wildman–Crippen MR) is 117 cm³/mol. The highest BCUT2D eigenvalue weighted by atomic mass is 32.2. The van der Waals surface area contributed by atoms with E-state index in [1.165, 1.54) is 11.8 Å². The number of fused-ring (bicyclic) bond motifs is 4. The first-order valence-corrected chi connectivity index (χ1v) is 10.3. The number of H-pyrrole nitrogens is 1. The van der Waals surface area contributed by atoms with Crippen LogP contribution in [0.15, 0.2) is 65.1 Å². The number of aromatic amines is 1. The van der Waals surface area contributed by atoms with E-state index in [9.17, 15) is 4.79 Å². The lowest BCUT2D eigenvalue weighted by Crippen LogP contribution is -2.17. The molecule has 0 aliphatic rings. The van der Waals surface area contributed by atoms with Crippen molar-refractivity contribution in [1.29, 1.82) is 0 Å². The molecule has 0 atom stereocenters. The van der Waals surface area contributed by atoms with Crippen LogP contribution in [0.25, 0.3) is 39.3 Å². The standard InChI is InChI=1S/C21H18N6OS/c1-2-26-16-10-5-3-8-14(16)18-19(26)23-20(25-24-18)29-13-7-12-27-17-11-6-4-9-15(17)22-21(27)28/h2-6,8-11H,1,7,12-13H2,(H,22,28). The lowest BCUT2D eigenvalue weighted by atomic mass is 10.2. The maximum absolute atomic E-state index is 12.2. The zero-order valence-corrected chi connectivity index (χ0v) is 16.4. The molecule has 3 heterocycles. The molecule has 0 fully saturated rings. The van der Waals surface area contributed by atoms with Crippen LogP contribution in [0.1, 0.15) is 6.42 Å². The van der Waals surface area contributed by atoms with Crippen molar-refractivity contribution in [2.75, 3.05) is 5.75 Å². The summed E-state index contributed by atoms with van der Waals surface area (Å²) in [4.78, 5) is 19.7. The molecule has 0 aliphatic heterocycles. The third-order valence-corrected chi connectivity index (χ3v) is 5.84. The number of aryl methyl sites for hydroxylation is 1. The Morgan fingerprint density at radius 1 is 1.07 bits per heavy atom. The molecule has 0 saturated heterocycles. The van der Waals surface area contributed by atoms with Crippen LogP contribution in [0.4, 0.5) is 0 Å². The average Bonchev–Trinajstić information content (AvgIpc) is 3.24. The third kappa shape index (κ3) is 3.01. The van der Waals surface area contributed by atoms with Crippen LogP contribution in [0.3, 0.4) is 0 Å². The van der Waals surface area contributed by atoms with E-state index in [-0.39, 0.29) is 5.69 Å². The number of thioether (sulfide) groups is 1. The Bertz CT molecular complexity index is 1410. The minimum absolute atomic E-state index is 0.0777. The van der Waals surface area contributed by atoms with Gasteiger partial charge in [-0.1, -0.05) is 48.7 Å². The summed E-state index contributed by atoms with van der Waals surface area (Å²) in [5, 5.41) is 10.3. The number of aromatic nitrogens is 6. The summed E-state index contributed by atoms with van der Waals surface area (Å²) in [6.07, 6.45) is 2.56. The van der Waals surface area contributed by atoms with Crippen molar-refractivity contribution in [3.63, 3.8) is 0 Å². The topological polar surface area (TPSA) is 81.4 Å². The van der Waals surface area contributed by atoms with Crippen molar-refractivity contribution in [2.24, 2.45) is 0 Å². The van der Waals surface area contributed by atoms with E-state index in [0.717, 1.165) is 45.3 Å². The zero-order chi connectivity index (χ0) is 19.8. The van der Waals surface area contributed by atoms with Gasteiger partial charge in [-0.15, -0.1) is 10.2 Å². The number of hydrogen-bond acceptors (Lipinski definition) is 5. The van der Waals surface area contributed by atoms with Crippen molar-refractivity contribution < 1.29 is 0 Å². The smallest absolute Gasteiger partial charge is 0.306 e. The number of rotatable bonds is 6. The quantitative estimate of drug-likeness (QED) is 0.344. The summed E-state index contributed by atoms with van der Waals surface area (Å²) in [5.41, 5.74) is 4.26. The molecule has 29 heavy (non-hydrogen) atoms. The molecule has 0 amide bonds. The Hall–Kier alpha value is -3.39. The Balaban J connectivity index is 1.34. The molecular formula is C21H18N6OS. The molecule has 3 aromatic heterocycles. The molecule has 0 spiro atoms. The van der Waals surface area contributed by atoms with Gasteiger partial charge in [0.2, 0.25) is 5.16 Å². The fourth-order valence-electron chi connectivity index (χ4n) is 3.60. The van der Waals surface area contributed by atoms with E-state index in [1.54, 1.807) is 10.8 Å². The summed E-state index contributed by atoms with van der Waals surface area (Å²) < 4.78 is 3.71. The molecule has 5 rings (SSSR count). The van der Waals surface area contributed by atoms with Gasteiger partial charge in [0.15, 0.2) is 5.65 Å². The highest BCUT2D eigenvalue weighted by Crippen LogP contribution is 2.27. The van der Waals surface area contributed by atoms with Gasteiger partial charge >= 0.3 is 5.69 Å². The molecule has 5 aromatic rings. The number of nitrogens with zero attached hydrogens (tertiary/aromatic N) is 5. The van der Waals surface area contributed by atoms with Crippen LogP contribution >= 0.6 is 11.8 Å². The van der Waals surface area contributed by atoms with E-state index in [2.05, 4.69) is 21.8 Å². The molecule has 8 heteroatoms. The van der Waals surface area contributed by atoms with E-state index in [4.69, 9.17) is 4.98 Å². The minimum atomic E-state index is -0.0777. The van der Waals surface area contributed by atoms with E-state index < -0.39 is 0 Å². The number of imidazole rings is 1. The number of hydrogen-bond donors (Lipinski definition) is 1. The van der Waals surface area contributed by atoms with Gasteiger partial charge in [0.25, 0.3) is 0 Å². The Morgan fingerprint density at radius 3 is 2.72 bits per heavy atom. The molecule has 1 N–H and O–H groups in total. The van der Waals surface area contributed by atoms with E-state index in [1.807, 2.05) is 53.1 Å². The van der Waals surface area contributed by atoms with Crippen molar-refractivity contribution in [3.05, 3.63) is 65.6 Å². The summed E-state index contributed by atoms with van der Waals surface area (Å²) >= 11 is 1.54. The molecule has 2 aromatic carbocycles. The Kier molecular flexibility index (Phi) is 4.40. The highest BCUT2D eigenvalue weighted by molar-refractivity contribution is 7.99. The number of para-hydroxylation sites is 3. The first-order chi connectivity index (χ1) is 14.3. The first-order valence-electron chi connectivity index (χ1n) is 9.32. The van der Waals surface area contributed by atoms with Crippen LogP contribution < -0.4 is 5.69 Å². The second kappa shape index (κ2) is 7.21. The zero-order valence-electron chi connectivity index (χ0n) is 15.6. The fourth-order valence-corrected chi connectivity index (χ4v) is 4.31. The van der Waals surface area contributed by atoms with Crippen LogP contribution in [-0.4, -0.2) is 35.1 Å². The molecule has 7 nitrogen and oxygen atoms in total. The van der Waals surface area contributed by atoms with Gasteiger partial charge < -0.3 is 4.98 Å². The van der Waals surface area contributed by atoms with Crippen molar-refractivity contribution in [3.8, 4) is 0 Å². The van der Waals surface area contributed by atoms with Gasteiger partial charge in [0, 0.05) is 23.9 Å². The molecule has 0 unspecified atom stereocenters. The predicted octanol–water partition coefficient (Wildman–Crippen LogP) is 3.91. The third-order valence-electron chi connectivity index (χ3n) is 4.92. The van der Waals surface area contributed by atoms with E-state index >= 15 is 0 Å². The lowest BCUT2D eigenvalue weighted by Gasteiger charge is -2.03. The van der Waals surface area contributed by atoms with Crippen LogP contribution in [-0.2, 0) is 6.54 Å². The maximum atomic E-state index is 12.2. The molecular weight excluding hydrogens is 384 g/mol. The highest BCUT2D eigenvalue weighted by Gasteiger charge is 2.13. The van der Waals surface area contributed by atoms with Crippen molar-refractivity contribution in [1.82, 2.24) is 29.3 Å². The molecule has 0 saturated carbocycles. The normalized spacial score (nSPS) is 11.6. The van der Waals surface area contributed by atoms with Gasteiger partial charge in [-0.25, -0.2) is 9.78 Å². The second-order valence-electron chi connectivity index (χ2n) is 6.64. The fraction of sp³-hybridized carbons (Fsp3) is 0.143. The summed E-state index contributed by atoms with van der Waals surface area (Å²) in [6, 6.07) is 15.7. The van der Waals surface area contributed by atoms with Crippen molar-refractivity contribution >= 4 is 51.1 Å². The first kappa shape index (κ1) is 17.7. The molecule has 0 radical (unpaired) electrons. The Labute approximate surface area is 170 Å². The maximum Gasteiger partial charge on any atom is 0.326 e. The van der Waals surface area contributed by atoms with Gasteiger partial charge in [-0.2, -0.15) is 0 Å². The summed E-state index contributed by atoms with van der Waals surface area (Å²) in [5.74, 6) is 0.785. The van der Waals surface area contributed by atoms with E-state index in [0.29, 0.717) is 11.7 Å². The molecule has 0 bridgehead atoms. The average molecular weight is 402 g/mol. The number of benzene rings is 2.